The van der Waals surface area contributed by atoms with E-state index in [0.29, 0.717) is 6.04 Å². The first-order chi connectivity index (χ1) is 10.7. The fraction of sp³-hybridized carbons (Fsp3) is 0.529. The Bertz CT molecular complexity index is 707. The average Bonchev–Trinajstić information content (AvgIpc) is 3.23. The normalized spacial score (nSPS) is 22.0. The van der Waals surface area contributed by atoms with Gasteiger partial charge in [0.05, 0.1) is 16.1 Å². The van der Waals surface area contributed by atoms with E-state index < -0.39 is 0 Å². The zero-order valence-electron chi connectivity index (χ0n) is 12.8. The van der Waals surface area contributed by atoms with Gasteiger partial charge in [0, 0.05) is 19.1 Å². The number of hydrogen-bond acceptors (Lipinski definition) is 4. The highest BCUT2D eigenvalue weighted by Gasteiger charge is 2.31. The standard InChI is InChI=1S/C17H21N3OS/c1-11-4-7-14-15(9-11)22-17(19-14)20-8-2-3-12(10-20)16(21)18-13-5-6-13/h4,7,9,12-13H,2-3,5-6,8,10H2,1H3,(H,18,21). The molecule has 0 bridgehead atoms. The van der Waals surface area contributed by atoms with Crippen molar-refractivity contribution in [1.29, 1.82) is 0 Å². The predicted molar refractivity (Wildman–Crippen MR) is 90.5 cm³/mol. The first-order valence-corrected chi connectivity index (χ1v) is 8.93. The number of amides is 1. The molecule has 116 valence electrons. The van der Waals surface area contributed by atoms with Crippen LogP contribution >= 0.6 is 11.3 Å². The molecule has 5 heteroatoms. The van der Waals surface area contributed by atoms with Crippen molar-refractivity contribution in [3.8, 4) is 0 Å². The Morgan fingerprint density at radius 3 is 3.05 bits per heavy atom. The zero-order chi connectivity index (χ0) is 15.1. The van der Waals surface area contributed by atoms with Gasteiger partial charge in [-0.15, -0.1) is 0 Å². The quantitative estimate of drug-likeness (QED) is 0.946. The molecule has 1 amide bonds. The molecule has 1 N–H and O–H groups in total. The minimum atomic E-state index is 0.114. The van der Waals surface area contributed by atoms with Gasteiger partial charge in [0.25, 0.3) is 0 Å². The van der Waals surface area contributed by atoms with E-state index in [-0.39, 0.29) is 11.8 Å². The van der Waals surface area contributed by atoms with E-state index in [9.17, 15) is 4.79 Å². The molecule has 22 heavy (non-hydrogen) atoms. The van der Waals surface area contributed by atoms with Crippen LogP contribution in [0, 0.1) is 12.8 Å². The van der Waals surface area contributed by atoms with E-state index in [1.54, 1.807) is 11.3 Å². The van der Waals surface area contributed by atoms with E-state index in [0.717, 1.165) is 49.4 Å². The Morgan fingerprint density at radius 1 is 1.36 bits per heavy atom. The lowest BCUT2D eigenvalue weighted by Crippen LogP contribution is -2.43. The summed E-state index contributed by atoms with van der Waals surface area (Å²) in [5, 5.41) is 4.21. The Labute approximate surface area is 134 Å². The van der Waals surface area contributed by atoms with Crippen LogP contribution in [-0.2, 0) is 4.79 Å². The van der Waals surface area contributed by atoms with Crippen LogP contribution in [0.3, 0.4) is 0 Å². The third kappa shape index (κ3) is 2.82. The largest absolute Gasteiger partial charge is 0.353 e. The molecule has 1 atom stereocenters. The summed E-state index contributed by atoms with van der Waals surface area (Å²) in [6.45, 7) is 3.92. The number of piperidine rings is 1. The molecule has 2 aliphatic rings. The van der Waals surface area contributed by atoms with Gasteiger partial charge in [-0.1, -0.05) is 17.4 Å². The van der Waals surface area contributed by atoms with E-state index >= 15 is 0 Å². The topological polar surface area (TPSA) is 45.2 Å². The van der Waals surface area contributed by atoms with Gasteiger partial charge >= 0.3 is 0 Å². The minimum Gasteiger partial charge on any atom is -0.353 e. The van der Waals surface area contributed by atoms with E-state index in [1.807, 2.05) is 0 Å². The van der Waals surface area contributed by atoms with Gasteiger partial charge < -0.3 is 10.2 Å². The number of anilines is 1. The van der Waals surface area contributed by atoms with Crippen LogP contribution in [0.2, 0.25) is 0 Å². The summed E-state index contributed by atoms with van der Waals surface area (Å²) in [4.78, 5) is 19.3. The van der Waals surface area contributed by atoms with Crippen molar-refractivity contribution >= 4 is 32.6 Å². The summed E-state index contributed by atoms with van der Waals surface area (Å²) in [6, 6.07) is 6.84. The summed E-state index contributed by atoms with van der Waals surface area (Å²) in [5.74, 6) is 0.354. The summed E-state index contributed by atoms with van der Waals surface area (Å²) in [7, 11) is 0. The Hall–Kier alpha value is -1.62. The summed E-state index contributed by atoms with van der Waals surface area (Å²) in [6.07, 6.45) is 4.37. The molecule has 2 fully saturated rings. The van der Waals surface area contributed by atoms with Gasteiger partial charge in [-0.3, -0.25) is 4.79 Å². The summed E-state index contributed by atoms with van der Waals surface area (Å²) < 4.78 is 1.24. The molecule has 1 aromatic heterocycles. The van der Waals surface area contributed by atoms with Gasteiger partial charge in [-0.2, -0.15) is 0 Å². The lowest BCUT2D eigenvalue weighted by molar-refractivity contribution is -0.125. The molecule has 0 spiro atoms. The molecular weight excluding hydrogens is 294 g/mol. The number of carbonyl (C=O) groups is 1. The highest BCUT2D eigenvalue weighted by Crippen LogP contribution is 2.32. The number of carbonyl (C=O) groups excluding carboxylic acids is 1. The van der Waals surface area contributed by atoms with Crippen molar-refractivity contribution in [1.82, 2.24) is 10.3 Å². The van der Waals surface area contributed by atoms with Crippen LogP contribution < -0.4 is 10.2 Å². The summed E-state index contributed by atoms with van der Waals surface area (Å²) in [5.41, 5.74) is 2.33. The second-order valence-corrected chi connectivity index (χ2v) is 7.54. The van der Waals surface area contributed by atoms with E-state index in [2.05, 4.69) is 35.3 Å². The third-order valence-electron chi connectivity index (χ3n) is 4.52. The fourth-order valence-electron chi connectivity index (χ4n) is 3.07. The smallest absolute Gasteiger partial charge is 0.225 e. The van der Waals surface area contributed by atoms with Crippen LogP contribution in [0.4, 0.5) is 5.13 Å². The SMILES string of the molecule is Cc1ccc2nc(N3CCCC(C(=O)NC4CC4)C3)sc2c1. The van der Waals surface area contributed by atoms with Crippen molar-refractivity contribution in [2.24, 2.45) is 5.92 Å². The Kier molecular flexibility index (Phi) is 3.53. The molecule has 2 heterocycles. The number of thiazole rings is 1. The second kappa shape index (κ2) is 5.54. The maximum absolute atomic E-state index is 12.3. The van der Waals surface area contributed by atoms with Crippen molar-refractivity contribution in [2.45, 2.75) is 38.6 Å². The molecule has 1 unspecified atom stereocenters. The fourth-order valence-corrected chi connectivity index (χ4v) is 4.17. The molecule has 4 nitrogen and oxygen atoms in total. The number of hydrogen-bond donors (Lipinski definition) is 1. The highest BCUT2D eigenvalue weighted by molar-refractivity contribution is 7.22. The number of fused-ring (bicyclic) bond motifs is 1. The predicted octanol–water partition coefficient (Wildman–Crippen LogP) is 3.10. The monoisotopic (exact) mass is 315 g/mol. The number of aromatic nitrogens is 1. The molecular formula is C17H21N3OS. The number of nitrogens with one attached hydrogen (secondary N) is 1. The summed E-state index contributed by atoms with van der Waals surface area (Å²) >= 11 is 1.74. The third-order valence-corrected chi connectivity index (χ3v) is 5.60. The van der Waals surface area contributed by atoms with E-state index in [4.69, 9.17) is 4.98 Å². The lowest BCUT2D eigenvalue weighted by atomic mass is 9.97. The Morgan fingerprint density at radius 2 is 2.23 bits per heavy atom. The number of benzene rings is 1. The minimum absolute atomic E-state index is 0.114. The van der Waals surface area contributed by atoms with Crippen LogP contribution in [0.15, 0.2) is 18.2 Å². The van der Waals surface area contributed by atoms with Crippen molar-refractivity contribution < 1.29 is 4.79 Å². The van der Waals surface area contributed by atoms with Crippen molar-refractivity contribution in [2.75, 3.05) is 18.0 Å². The van der Waals surface area contributed by atoms with Gasteiger partial charge in [0.1, 0.15) is 0 Å². The molecule has 1 aromatic carbocycles. The first-order valence-electron chi connectivity index (χ1n) is 8.11. The maximum Gasteiger partial charge on any atom is 0.225 e. The Balaban J connectivity index is 1.51. The lowest BCUT2D eigenvalue weighted by Gasteiger charge is -2.31. The zero-order valence-corrected chi connectivity index (χ0v) is 13.7. The maximum atomic E-state index is 12.3. The van der Waals surface area contributed by atoms with Crippen molar-refractivity contribution in [3.63, 3.8) is 0 Å². The first kappa shape index (κ1) is 14.0. The molecule has 1 saturated heterocycles. The van der Waals surface area contributed by atoms with Crippen LogP contribution in [0.5, 0.6) is 0 Å². The molecule has 1 aliphatic carbocycles. The van der Waals surface area contributed by atoms with Gasteiger partial charge in [-0.05, 0) is 50.3 Å². The van der Waals surface area contributed by atoms with Gasteiger partial charge in [0.2, 0.25) is 5.91 Å². The molecule has 4 rings (SSSR count). The van der Waals surface area contributed by atoms with E-state index in [1.165, 1.54) is 10.3 Å². The number of aryl methyl sites for hydroxylation is 1. The van der Waals surface area contributed by atoms with Crippen LogP contribution in [-0.4, -0.2) is 30.0 Å². The number of rotatable bonds is 3. The van der Waals surface area contributed by atoms with Crippen molar-refractivity contribution in [3.05, 3.63) is 23.8 Å². The molecule has 2 aromatic rings. The van der Waals surface area contributed by atoms with Gasteiger partial charge in [-0.25, -0.2) is 4.98 Å². The van der Waals surface area contributed by atoms with Gasteiger partial charge in [0.15, 0.2) is 5.13 Å². The van der Waals surface area contributed by atoms with Crippen LogP contribution in [0.25, 0.3) is 10.2 Å². The average molecular weight is 315 g/mol. The second-order valence-electron chi connectivity index (χ2n) is 6.54. The molecule has 1 saturated carbocycles. The molecule has 1 aliphatic heterocycles. The molecule has 0 radical (unpaired) electrons. The van der Waals surface area contributed by atoms with Crippen LogP contribution in [0.1, 0.15) is 31.2 Å². The number of nitrogens with zero attached hydrogens (tertiary/aromatic N) is 2. The highest BCUT2D eigenvalue weighted by atomic mass is 32.1.